The molecule has 66 valence electrons. The molecule has 0 aromatic heterocycles. The van der Waals surface area contributed by atoms with Gasteiger partial charge in [-0.15, -0.1) is 0 Å². The van der Waals surface area contributed by atoms with E-state index in [1.54, 1.807) is 0 Å². The number of hydrogen-bond donors (Lipinski definition) is 2. The molecule has 0 aromatic carbocycles. The van der Waals surface area contributed by atoms with Crippen molar-refractivity contribution in [2.45, 2.75) is 33.7 Å². The van der Waals surface area contributed by atoms with Crippen molar-refractivity contribution in [2.24, 2.45) is 5.41 Å². The van der Waals surface area contributed by atoms with Crippen molar-refractivity contribution in [3.8, 4) is 0 Å². The fourth-order valence-electron chi connectivity index (χ4n) is 0.968. The Morgan fingerprint density at radius 1 is 1.55 bits per heavy atom. The SMILES string of the molecule is CCN[C@@H](C(=O)O)C(C)(C)C. The van der Waals surface area contributed by atoms with Crippen LogP contribution in [0.5, 0.6) is 0 Å². The number of nitrogens with one attached hydrogen (secondary N) is 1. The molecule has 0 heterocycles. The van der Waals surface area contributed by atoms with Crippen molar-refractivity contribution in [1.82, 2.24) is 5.32 Å². The van der Waals surface area contributed by atoms with E-state index in [0.29, 0.717) is 6.54 Å². The van der Waals surface area contributed by atoms with Crippen LogP contribution >= 0.6 is 0 Å². The number of rotatable bonds is 3. The first-order valence-corrected chi connectivity index (χ1v) is 3.85. The molecule has 0 aliphatic rings. The summed E-state index contributed by atoms with van der Waals surface area (Å²) in [5.74, 6) is -0.778. The summed E-state index contributed by atoms with van der Waals surface area (Å²) < 4.78 is 0. The Morgan fingerprint density at radius 2 is 2.00 bits per heavy atom. The molecule has 2 N–H and O–H groups in total. The van der Waals surface area contributed by atoms with E-state index in [9.17, 15) is 4.79 Å². The highest BCUT2D eigenvalue weighted by Crippen LogP contribution is 2.18. The summed E-state index contributed by atoms with van der Waals surface area (Å²) in [5, 5.41) is 11.7. The highest BCUT2D eigenvalue weighted by molar-refractivity contribution is 5.74. The van der Waals surface area contributed by atoms with Gasteiger partial charge in [-0.25, -0.2) is 0 Å². The number of carboxylic acid groups (broad SMARTS) is 1. The van der Waals surface area contributed by atoms with E-state index >= 15 is 0 Å². The van der Waals surface area contributed by atoms with Crippen LogP contribution in [0.15, 0.2) is 0 Å². The average molecular weight is 159 g/mol. The lowest BCUT2D eigenvalue weighted by Crippen LogP contribution is -2.46. The van der Waals surface area contributed by atoms with Gasteiger partial charge in [-0.3, -0.25) is 4.79 Å². The van der Waals surface area contributed by atoms with E-state index in [-0.39, 0.29) is 5.41 Å². The maximum Gasteiger partial charge on any atom is 0.321 e. The number of aliphatic carboxylic acids is 1. The van der Waals surface area contributed by atoms with Crippen molar-refractivity contribution >= 4 is 5.97 Å². The van der Waals surface area contributed by atoms with Gasteiger partial charge >= 0.3 is 5.97 Å². The molecule has 0 amide bonds. The van der Waals surface area contributed by atoms with E-state index in [0.717, 1.165) is 0 Å². The zero-order valence-corrected chi connectivity index (χ0v) is 7.64. The van der Waals surface area contributed by atoms with Crippen molar-refractivity contribution in [1.29, 1.82) is 0 Å². The molecule has 0 aromatic rings. The average Bonchev–Trinajstić information content (AvgIpc) is 1.79. The Hall–Kier alpha value is -0.570. The summed E-state index contributed by atoms with van der Waals surface area (Å²) in [6, 6.07) is -0.451. The molecular formula is C8H17NO2. The molecule has 0 rings (SSSR count). The number of carbonyl (C=O) groups is 1. The van der Waals surface area contributed by atoms with Crippen LogP contribution in [0.25, 0.3) is 0 Å². The van der Waals surface area contributed by atoms with Crippen molar-refractivity contribution in [3.05, 3.63) is 0 Å². The van der Waals surface area contributed by atoms with Crippen molar-refractivity contribution in [3.63, 3.8) is 0 Å². The molecule has 11 heavy (non-hydrogen) atoms. The quantitative estimate of drug-likeness (QED) is 0.648. The first-order chi connectivity index (χ1) is 4.89. The van der Waals surface area contributed by atoms with Crippen LogP contribution in [0.3, 0.4) is 0 Å². The highest BCUT2D eigenvalue weighted by Gasteiger charge is 2.29. The number of carboxylic acids is 1. The Bertz CT molecular complexity index is 138. The van der Waals surface area contributed by atoms with Crippen molar-refractivity contribution < 1.29 is 9.90 Å². The van der Waals surface area contributed by atoms with Crippen LogP contribution in [-0.2, 0) is 4.79 Å². The second kappa shape index (κ2) is 3.72. The van der Waals surface area contributed by atoms with Crippen LogP contribution in [0.4, 0.5) is 0 Å². The lowest BCUT2D eigenvalue weighted by Gasteiger charge is -2.27. The van der Waals surface area contributed by atoms with Gasteiger partial charge in [0.05, 0.1) is 0 Å². The predicted octanol–water partition coefficient (Wildman–Crippen LogP) is 1.10. The number of hydrogen-bond acceptors (Lipinski definition) is 2. The van der Waals surface area contributed by atoms with Gasteiger partial charge in [0.25, 0.3) is 0 Å². The standard InChI is InChI=1S/C8H17NO2/c1-5-9-6(7(10)11)8(2,3)4/h6,9H,5H2,1-4H3,(H,10,11)/t6-/m0/s1. The molecule has 3 nitrogen and oxygen atoms in total. The molecule has 0 radical (unpaired) electrons. The Labute approximate surface area is 67.8 Å². The van der Waals surface area contributed by atoms with E-state index in [4.69, 9.17) is 5.11 Å². The zero-order chi connectivity index (χ0) is 9.07. The first-order valence-electron chi connectivity index (χ1n) is 3.85. The second-order valence-electron chi connectivity index (χ2n) is 3.69. The van der Waals surface area contributed by atoms with Gasteiger partial charge < -0.3 is 10.4 Å². The van der Waals surface area contributed by atoms with Gasteiger partial charge in [0.2, 0.25) is 0 Å². The normalized spacial score (nSPS) is 14.5. The minimum absolute atomic E-state index is 0.220. The lowest BCUT2D eigenvalue weighted by atomic mass is 9.87. The van der Waals surface area contributed by atoms with E-state index < -0.39 is 12.0 Å². The topological polar surface area (TPSA) is 49.3 Å². The van der Waals surface area contributed by atoms with Crippen LogP contribution in [0.1, 0.15) is 27.7 Å². The molecule has 0 aliphatic carbocycles. The number of likely N-dealkylation sites (N-methyl/N-ethyl adjacent to an activating group) is 1. The molecular weight excluding hydrogens is 142 g/mol. The van der Waals surface area contributed by atoms with Gasteiger partial charge in [-0.05, 0) is 12.0 Å². The summed E-state index contributed by atoms with van der Waals surface area (Å²) in [4.78, 5) is 10.7. The van der Waals surface area contributed by atoms with E-state index in [2.05, 4.69) is 5.32 Å². The lowest BCUT2D eigenvalue weighted by molar-refractivity contribution is -0.142. The maximum absolute atomic E-state index is 10.7. The van der Waals surface area contributed by atoms with Gasteiger partial charge in [0, 0.05) is 0 Å². The molecule has 0 bridgehead atoms. The summed E-state index contributed by atoms with van der Waals surface area (Å²) in [6.45, 7) is 8.33. The van der Waals surface area contributed by atoms with Gasteiger partial charge in [-0.1, -0.05) is 27.7 Å². The maximum atomic E-state index is 10.7. The monoisotopic (exact) mass is 159 g/mol. The molecule has 0 saturated heterocycles. The molecule has 3 heteroatoms. The van der Waals surface area contributed by atoms with Gasteiger partial charge in [-0.2, -0.15) is 0 Å². The summed E-state index contributed by atoms with van der Waals surface area (Å²) >= 11 is 0. The summed E-state index contributed by atoms with van der Waals surface area (Å²) in [7, 11) is 0. The van der Waals surface area contributed by atoms with Crippen molar-refractivity contribution in [2.75, 3.05) is 6.54 Å². The third kappa shape index (κ3) is 3.37. The van der Waals surface area contributed by atoms with E-state index in [1.807, 2.05) is 27.7 Å². The van der Waals surface area contributed by atoms with Gasteiger partial charge in [0.15, 0.2) is 0 Å². The molecule has 0 fully saturated rings. The Kier molecular flexibility index (Phi) is 3.52. The fourth-order valence-corrected chi connectivity index (χ4v) is 0.968. The predicted molar refractivity (Wildman–Crippen MR) is 44.6 cm³/mol. The molecule has 0 aliphatic heterocycles. The Morgan fingerprint density at radius 3 is 2.09 bits per heavy atom. The minimum atomic E-state index is -0.778. The van der Waals surface area contributed by atoms with E-state index in [1.165, 1.54) is 0 Å². The molecule has 1 atom stereocenters. The van der Waals surface area contributed by atoms with Crippen LogP contribution < -0.4 is 5.32 Å². The van der Waals surface area contributed by atoms with Gasteiger partial charge in [0.1, 0.15) is 6.04 Å². The zero-order valence-electron chi connectivity index (χ0n) is 7.64. The highest BCUT2D eigenvalue weighted by atomic mass is 16.4. The minimum Gasteiger partial charge on any atom is -0.480 e. The molecule has 0 spiro atoms. The van der Waals surface area contributed by atoms with Crippen LogP contribution in [0, 0.1) is 5.41 Å². The molecule has 0 saturated carbocycles. The molecule has 0 unspecified atom stereocenters. The third-order valence-corrected chi connectivity index (χ3v) is 1.52. The third-order valence-electron chi connectivity index (χ3n) is 1.52. The first kappa shape index (κ1) is 10.4. The van der Waals surface area contributed by atoms with Crippen LogP contribution in [-0.4, -0.2) is 23.7 Å². The largest absolute Gasteiger partial charge is 0.480 e. The second-order valence-corrected chi connectivity index (χ2v) is 3.69. The summed E-state index contributed by atoms with van der Waals surface area (Å²) in [6.07, 6.45) is 0. The summed E-state index contributed by atoms with van der Waals surface area (Å²) in [5.41, 5.74) is -0.220. The Balaban J connectivity index is 4.22. The smallest absolute Gasteiger partial charge is 0.321 e. The fraction of sp³-hybridized carbons (Fsp3) is 0.875. The van der Waals surface area contributed by atoms with Crippen LogP contribution in [0.2, 0.25) is 0 Å².